The Morgan fingerprint density at radius 3 is 1.61 bits per heavy atom. The van der Waals surface area contributed by atoms with Gasteiger partial charge < -0.3 is 71.8 Å². The first-order chi connectivity index (χ1) is 30.4. The molecule has 0 saturated carbocycles. The minimum absolute atomic E-state index is 0.0975. The number of aliphatic hydroxyl groups excluding tert-OH is 2. The minimum Gasteiger partial charge on any atom is -0.388 e. The van der Waals surface area contributed by atoms with E-state index >= 15 is 0 Å². The zero-order chi connectivity index (χ0) is 44.8. The van der Waals surface area contributed by atoms with Crippen molar-refractivity contribution in [3.63, 3.8) is 0 Å². The first kappa shape index (κ1) is 44.9. The maximum atomic E-state index is 12.4. The van der Waals surface area contributed by atoms with E-state index in [-0.39, 0.29) is 19.6 Å². The fraction of sp³-hybridized carbons (Fsp3) is 0.633. The van der Waals surface area contributed by atoms with E-state index in [0.29, 0.717) is 0 Å². The molecule has 0 radical (unpaired) electrons. The minimum atomic E-state index is -1.51. The Morgan fingerprint density at radius 1 is 0.516 bits per heavy atom. The molecule has 0 amide bonds. The van der Waals surface area contributed by atoms with Crippen LogP contribution in [0.3, 0.4) is 0 Å². The molecule has 3 aromatic carbocycles. The summed E-state index contributed by atoms with van der Waals surface area (Å²) in [4.78, 5) is 0. The zero-order valence-electron chi connectivity index (χ0n) is 37.6. The van der Waals surface area contributed by atoms with E-state index in [1.54, 1.807) is 0 Å². The molecule has 10 rings (SSSR count). The van der Waals surface area contributed by atoms with Crippen LogP contribution >= 0.6 is 0 Å². The summed E-state index contributed by atoms with van der Waals surface area (Å²) in [5, 5.41) is 24.6. The summed E-state index contributed by atoms with van der Waals surface area (Å²) >= 11 is 0. The third kappa shape index (κ3) is 8.39. The molecule has 0 unspecified atom stereocenters. The summed E-state index contributed by atoms with van der Waals surface area (Å²) in [6.45, 7) is 14.8. The van der Waals surface area contributed by atoms with Gasteiger partial charge in [-0.1, -0.05) is 91.0 Å². The van der Waals surface area contributed by atoms with E-state index in [2.05, 4.69) is 0 Å². The summed E-state index contributed by atoms with van der Waals surface area (Å²) in [6, 6.07) is 30.0. The molecule has 15 atom stereocenters. The summed E-state index contributed by atoms with van der Waals surface area (Å²) in [6.07, 6.45) is -12.7. The van der Waals surface area contributed by atoms with Crippen LogP contribution < -0.4 is 0 Å². The molecule has 15 heteroatoms. The highest BCUT2D eigenvalue weighted by Crippen LogP contribution is 2.48. The van der Waals surface area contributed by atoms with Crippen molar-refractivity contribution in [1.82, 2.24) is 0 Å². The van der Waals surface area contributed by atoms with Crippen molar-refractivity contribution in [1.29, 1.82) is 0 Å². The van der Waals surface area contributed by atoms with Gasteiger partial charge in [-0.15, -0.1) is 0 Å². The Bertz CT molecular complexity index is 1970. The molecule has 0 aromatic heterocycles. The van der Waals surface area contributed by atoms with Gasteiger partial charge in [0.15, 0.2) is 35.7 Å². The van der Waals surface area contributed by atoms with Crippen LogP contribution in [-0.4, -0.2) is 139 Å². The summed E-state index contributed by atoms with van der Waals surface area (Å²) in [5.74, 6) is -3.75. The SMILES string of the molecule is CC1(C)O[C@@H]2[C@H](O1)[C@@H](O[C@H]1[C@H](O)[C@H](O)[C@@H](C[C@H]3O[C@@H]4OC(C)(C)O[C@@H]4[C@H]4OC(C)(C)O[C@H]43)O[C@@H]1COC(c1ccccc1)(c1ccccc1)c1ccccc1)O[C@@H]1COC(C)(C)O[C@@H]21. The molecule has 348 valence electrons. The van der Waals surface area contributed by atoms with Gasteiger partial charge in [0.2, 0.25) is 0 Å². The van der Waals surface area contributed by atoms with Gasteiger partial charge in [0.1, 0.15) is 72.7 Å². The molecule has 7 fully saturated rings. The van der Waals surface area contributed by atoms with Gasteiger partial charge in [-0.05, 0) is 72.1 Å². The molecule has 7 saturated heterocycles. The molecular weight excluding hydrogens is 829 g/mol. The third-order valence-electron chi connectivity index (χ3n) is 13.2. The van der Waals surface area contributed by atoms with Crippen LogP contribution in [-0.2, 0) is 67.2 Å². The number of rotatable bonds is 10. The molecule has 7 heterocycles. The fourth-order valence-corrected chi connectivity index (χ4v) is 10.6. The average molecular weight is 891 g/mol. The molecular formula is C49H62O15. The van der Waals surface area contributed by atoms with Crippen molar-refractivity contribution in [2.45, 2.75) is 182 Å². The Balaban J connectivity index is 0.998. The average Bonchev–Trinajstić information content (AvgIpc) is 3.89. The van der Waals surface area contributed by atoms with Crippen LogP contribution in [0.25, 0.3) is 0 Å². The van der Waals surface area contributed by atoms with Crippen molar-refractivity contribution in [3.8, 4) is 0 Å². The molecule has 7 aliphatic rings. The molecule has 0 bridgehead atoms. The highest BCUT2D eigenvalue weighted by Gasteiger charge is 2.63. The maximum Gasteiger partial charge on any atom is 0.190 e. The predicted molar refractivity (Wildman–Crippen MR) is 225 cm³/mol. The molecule has 0 spiro atoms. The highest BCUT2D eigenvalue weighted by molar-refractivity contribution is 5.47. The number of ether oxygens (including phenoxy) is 13. The fourth-order valence-electron chi connectivity index (χ4n) is 10.6. The van der Waals surface area contributed by atoms with Crippen molar-refractivity contribution in [2.75, 3.05) is 13.2 Å². The summed E-state index contributed by atoms with van der Waals surface area (Å²) in [5.41, 5.74) is 1.48. The van der Waals surface area contributed by atoms with E-state index in [1.165, 1.54) is 0 Å². The number of hydrogen-bond donors (Lipinski definition) is 2. The molecule has 0 aliphatic carbocycles. The van der Waals surface area contributed by atoms with Gasteiger partial charge in [0.25, 0.3) is 0 Å². The second kappa shape index (κ2) is 16.7. The maximum absolute atomic E-state index is 12.4. The Morgan fingerprint density at radius 2 is 1.02 bits per heavy atom. The van der Waals surface area contributed by atoms with Crippen molar-refractivity contribution >= 4 is 0 Å². The lowest BCUT2D eigenvalue weighted by atomic mass is 9.80. The molecule has 3 aromatic rings. The van der Waals surface area contributed by atoms with Crippen molar-refractivity contribution in [3.05, 3.63) is 108 Å². The molecule has 2 N–H and O–H groups in total. The standard InChI is InChI=1S/C49H62O15/c1-45(2)52-25-33-38(58-45)40-41(62-47(5,6)61-40)43(56-33)57-36-32(26-53-49(27-18-12-9-13-19-27,28-20-14-10-15-21-28)29-22-16-11-17-23-29)54-30(34(50)35(36)51)24-31-37-39(60-46(3,4)59-37)42-44(55-31)64-48(7,8)63-42/h9-23,30-44,50-51H,24-26H2,1-8H3/t30-,31-,32-,33-,34-,35-,36-,37+,38-,39+,40+,41+,42-,43-,44-/m1/s1. The lowest BCUT2D eigenvalue weighted by Crippen LogP contribution is -2.67. The van der Waals surface area contributed by atoms with Gasteiger partial charge in [-0.3, -0.25) is 0 Å². The van der Waals surface area contributed by atoms with Crippen molar-refractivity contribution < 1.29 is 71.8 Å². The van der Waals surface area contributed by atoms with Gasteiger partial charge in [0.05, 0.1) is 25.4 Å². The number of fused-ring (bicyclic) bond motifs is 6. The van der Waals surface area contributed by atoms with Crippen molar-refractivity contribution in [2.24, 2.45) is 0 Å². The smallest absolute Gasteiger partial charge is 0.190 e. The lowest BCUT2D eigenvalue weighted by Gasteiger charge is -2.50. The van der Waals surface area contributed by atoms with Gasteiger partial charge >= 0.3 is 0 Å². The second-order valence-electron chi connectivity index (χ2n) is 19.7. The number of aliphatic hydroxyl groups is 2. The largest absolute Gasteiger partial charge is 0.388 e. The van der Waals surface area contributed by atoms with E-state index in [9.17, 15) is 10.2 Å². The van der Waals surface area contributed by atoms with Crippen LogP contribution in [0.2, 0.25) is 0 Å². The molecule has 15 nitrogen and oxygen atoms in total. The molecule has 64 heavy (non-hydrogen) atoms. The second-order valence-corrected chi connectivity index (χ2v) is 19.7. The summed E-state index contributed by atoms with van der Waals surface area (Å²) < 4.78 is 85.0. The van der Waals surface area contributed by atoms with Crippen LogP contribution in [0.5, 0.6) is 0 Å². The Labute approximate surface area is 374 Å². The third-order valence-corrected chi connectivity index (χ3v) is 13.2. The van der Waals surface area contributed by atoms with E-state index < -0.39 is 121 Å². The first-order valence-electron chi connectivity index (χ1n) is 22.6. The summed E-state index contributed by atoms with van der Waals surface area (Å²) in [7, 11) is 0. The predicted octanol–water partition coefficient (Wildman–Crippen LogP) is 5.05. The number of hydrogen-bond acceptors (Lipinski definition) is 15. The van der Waals surface area contributed by atoms with Crippen LogP contribution in [0.4, 0.5) is 0 Å². The highest BCUT2D eigenvalue weighted by atomic mass is 16.9. The molecule has 7 aliphatic heterocycles. The van der Waals surface area contributed by atoms with Gasteiger partial charge in [-0.2, -0.15) is 0 Å². The Hall–Kier alpha value is -2.94. The van der Waals surface area contributed by atoms with E-state index in [4.69, 9.17) is 61.6 Å². The number of benzene rings is 3. The monoisotopic (exact) mass is 890 g/mol. The van der Waals surface area contributed by atoms with Gasteiger partial charge in [-0.25, -0.2) is 0 Å². The van der Waals surface area contributed by atoms with Gasteiger partial charge in [0, 0.05) is 6.42 Å². The van der Waals surface area contributed by atoms with E-state index in [0.717, 1.165) is 16.7 Å². The van der Waals surface area contributed by atoms with E-state index in [1.807, 2.05) is 146 Å². The quantitative estimate of drug-likeness (QED) is 0.260. The topological polar surface area (TPSA) is 160 Å². The Kier molecular flexibility index (Phi) is 11.7. The zero-order valence-corrected chi connectivity index (χ0v) is 37.6. The van der Waals surface area contributed by atoms with Crippen LogP contribution in [0, 0.1) is 0 Å². The first-order valence-corrected chi connectivity index (χ1v) is 22.6. The lowest BCUT2D eigenvalue weighted by molar-refractivity contribution is -0.384. The van der Waals surface area contributed by atoms with Crippen LogP contribution in [0.15, 0.2) is 91.0 Å². The van der Waals surface area contributed by atoms with Crippen LogP contribution in [0.1, 0.15) is 78.5 Å². The normalized spacial score (nSPS) is 40.5.